The van der Waals surface area contributed by atoms with Crippen LogP contribution in [0.5, 0.6) is 5.75 Å². The molecular weight excluding hydrogens is 543 g/mol. The maximum absolute atomic E-state index is 14.5. The summed E-state index contributed by atoms with van der Waals surface area (Å²) in [6, 6.07) is 11.4. The molecule has 230 valence electrons. The van der Waals surface area contributed by atoms with Gasteiger partial charge in [0.1, 0.15) is 11.6 Å². The molecule has 2 aromatic carbocycles. The number of anilines is 1. The molecule has 3 aliphatic carbocycles. The molecule has 1 saturated heterocycles. The largest absolute Gasteiger partial charge is 0.497 e. The van der Waals surface area contributed by atoms with Gasteiger partial charge in [-0.15, -0.1) is 0 Å². The number of benzene rings is 2. The number of ether oxygens (including phenoxy) is 1. The molecule has 4 aliphatic rings. The zero-order valence-corrected chi connectivity index (χ0v) is 26.2. The molecular formula is C34H45FN6O2. The van der Waals surface area contributed by atoms with Crippen LogP contribution >= 0.6 is 0 Å². The third-order valence-electron chi connectivity index (χ3n) is 10.7. The number of methoxy groups -OCH3 is 1. The van der Waals surface area contributed by atoms with E-state index in [1.54, 1.807) is 23.0 Å². The Labute approximate surface area is 253 Å². The van der Waals surface area contributed by atoms with E-state index in [9.17, 15) is 14.6 Å². The molecule has 8 nitrogen and oxygen atoms in total. The van der Waals surface area contributed by atoms with Crippen molar-refractivity contribution in [2.45, 2.75) is 78.6 Å². The molecule has 7 rings (SSSR count). The second-order valence-corrected chi connectivity index (χ2v) is 13.7. The van der Waals surface area contributed by atoms with Gasteiger partial charge in [0.25, 0.3) is 5.56 Å². The van der Waals surface area contributed by atoms with Crippen LogP contribution in [0.25, 0.3) is 10.9 Å². The zero-order valence-electron chi connectivity index (χ0n) is 26.2. The molecule has 3 aromatic rings. The van der Waals surface area contributed by atoms with Gasteiger partial charge in [-0.3, -0.25) is 14.8 Å². The summed E-state index contributed by atoms with van der Waals surface area (Å²) in [7, 11) is 1.51. The molecule has 0 amide bonds. The van der Waals surface area contributed by atoms with Crippen molar-refractivity contribution in [2.24, 2.45) is 23.2 Å². The summed E-state index contributed by atoms with van der Waals surface area (Å²) >= 11 is 0. The van der Waals surface area contributed by atoms with Gasteiger partial charge in [0.05, 0.1) is 24.3 Å². The van der Waals surface area contributed by atoms with E-state index in [0.717, 1.165) is 25.2 Å². The Bertz CT molecular complexity index is 1580. The molecule has 1 unspecified atom stereocenters. The molecule has 1 aromatic heterocycles. The summed E-state index contributed by atoms with van der Waals surface area (Å²) < 4.78 is 21.1. The van der Waals surface area contributed by atoms with Gasteiger partial charge in [0, 0.05) is 49.5 Å². The van der Waals surface area contributed by atoms with Crippen molar-refractivity contribution in [3.8, 4) is 5.75 Å². The molecule has 6 atom stereocenters. The fraction of sp³-hybridized carbons (Fsp3) is 0.559. The molecule has 0 spiro atoms. The Morgan fingerprint density at radius 3 is 2.53 bits per heavy atom. The fourth-order valence-electron chi connectivity index (χ4n) is 8.14. The van der Waals surface area contributed by atoms with E-state index in [-0.39, 0.29) is 17.4 Å². The first-order valence-corrected chi connectivity index (χ1v) is 15.7. The van der Waals surface area contributed by atoms with E-state index >= 15 is 0 Å². The highest BCUT2D eigenvalue weighted by Crippen LogP contribution is 2.62. The molecule has 4 fully saturated rings. The quantitative estimate of drug-likeness (QED) is 0.301. The van der Waals surface area contributed by atoms with E-state index in [1.165, 1.54) is 19.6 Å². The maximum Gasteiger partial charge on any atom is 0.261 e. The highest BCUT2D eigenvalue weighted by molar-refractivity contribution is 5.96. The molecule has 2 heterocycles. The molecule has 1 aliphatic heterocycles. The van der Waals surface area contributed by atoms with Gasteiger partial charge in [-0.2, -0.15) is 0 Å². The van der Waals surface area contributed by atoms with Gasteiger partial charge in [0.2, 0.25) is 0 Å². The lowest BCUT2D eigenvalue weighted by Crippen LogP contribution is -2.65. The van der Waals surface area contributed by atoms with E-state index in [4.69, 9.17) is 4.74 Å². The summed E-state index contributed by atoms with van der Waals surface area (Å²) in [4.78, 5) is 22.6. The average molecular weight is 589 g/mol. The number of nitrogens with zero attached hydrogens (tertiary/aromatic N) is 4. The van der Waals surface area contributed by atoms with Crippen LogP contribution in [0.4, 0.5) is 10.1 Å². The maximum atomic E-state index is 14.5. The van der Waals surface area contributed by atoms with Crippen LogP contribution in [0, 0.1) is 34.4 Å². The number of hydrogen-bond donors (Lipinski definition) is 2. The number of nitrogens with one attached hydrogen (secondary N) is 2. The predicted octanol–water partition coefficient (Wildman–Crippen LogP) is 5.28. The number of aromatic nitrogens is 2. The van der Waals surface area contributed by atoms with Crippen molar-refractivity contribution in [1.82, 2.24) is 19.8 Å². The van der Waals surface area contributed by atoms with Gasteiger partial charge in [-0.1, -0.05) is 26.8 Å². The van der Waals surface area contributed by atoms with Crippen molar-refractivity contribution >= 4 is 22.5 Å². The molecule has 2 bridgehead atoms. The van der Waals surface area contributed by atoms with Crippen molar-refractivity contribution in [2.75, 3.05) is 25.1 Å². The first-order chi connectivity index (χ1) is 20.5. The first kappa shape index (κ1) is 29.6. The number of halogens is 1. The minimum Gasteiger partial charge on any atom is -0.497 e. The van der Waals surface area contributed by atoms with Crippen LogP contribution < -0.4 is 20.5 Å². The Kier molecular flexibility index (Phi) is 7.73. The Morgan fingerprint density at radius 1 is 1.14 bits per heavy atom. The van der Waals surface area contributed by atoms with E-state index in [0.29, 0.717) is 76.4 Å². The summed E-state index contributed by atoms with van der Waals surface area (Å²) in [6.07, 6.45) is 4.25. The molecule has 0 radical (unpaired) electrons. The van der Waals surface area contributed by atoms with Gasteiger partial charge in [-0.05, 0) is 86.1 Å². The normalized spacial score (nSPS) is 27.9. The van der Waals surface area contributed by atoms with Crippen molar-refractivity contribution in [3.63, 3.8) is 0 Å². The summed E-state index contributed by atoms with van der Waals surface area (Å²) in [5.74, 6) is 2.37. The van der Waals surface area contributed by atoms with E-state index < -0.39 is 0 Å². The molecule has 9 heteroatoms. The van der Waals surface area contributed by atoms with Crippen molar-refractivity contribution in [1.29, 1.82) is 5.41 Å². The second kappa shape index (κ2) is 11.2. The number of guanidine groups is 1. The average Bonchev–Trinajstić information content (AvgIpc) is 2.97. The van der Waals surface area contributed by atoms with Gasteiger partial charge >= 0.3 is 0 Å². The molecule has 3 saturated carbocycles. The van der Waals surface area contributed by atoms with Gasteiger partial charge < -0.3 is 19.9 Å². The lowest BCUT2D eigenvalue weighted by atomic mass is 9.44. The third-order valence-corrected chi connectivity index (χ3v) is 10.7. The van der Waals surface area contributed by atoms with E-state index in [2.05, 4.69) is 54.7 Å². The molecule has 2 N–H and O–H groups in total. The van der Waals surface area contributed by atoms with Gasteiger partial charge in [0.15, 0.2) is 5.96 Å². The van der Waals surface area contributed by atoms with Crippen LogP contribution in [0.3, 0.4) is 0 Å². The Balaban J connectivity index is 1.30. The van der Waals surface area contributed by atoms with Crippen molar-refractivity contribution < 1.29 is 9.13 Å². The number of piperazine rings is 1. The topological polar surface area (TPSA) is 86.5 Å². The summed E-state index contributed by atoms with van der Waals surface area (Å²) in [5, 5.41) is 13.6. The SMILES string of the molecule is COc1ccc(CCn2cnc3cc(N(C(=N)N4C[C@@H](C)N[C@@H](C)C4)C4C[C@H]5C[C@@H]([C@@H]4C)C5(C)C)ccc3c2=O)c(F)c1. The first-order valence-electron chi connectivity index (χ1n) is 15.7. The van der Waals surface area contributed by atoms with Crippen LogP contribution in [-0.2, 0) is 13.0 Å². The van der Waals surface area contributed by atoms with Crippen molar-refractivity contribution in [3.05, 3.63) is 64.5 Å². The standard InChI is InChI=1S/C34H45FN6O2/c1-20-17-40(18-21(2)38-20)33(36)41(31-14-24-13-28(22(31)3)34(24,4)5)25-8-10-27-30(15-25)37-19-39(32(27)42)12-11-23-7-9-26(43-6)16-29(23)35/h7-10,15-16,19-22,24,28,31,36,38H,11-14,17-18H2,1-6H3/t20-,21+,22-,24+,28-,31?/m0/s1. The predicted molar refractivity (Wildman–Crippen MR) is 169 cm³/mol. The number of rotatable bonds is 6. The molecule has 43 heavy (non-hydrogen) atoms. The monoisotopic (exact) mass is 588 g/mol. The van der Waals surface area contributed by atoms with Crippen LogP contribution in [0.2, 0.25) is 0 Å². The zero-order chi connectivity index (χ0) is 30.6. The minimum absolute atomic E-state index is 0.147. The minimum atomic E-state index is -0.348. The smallest absolute Gasteiger partial charge is 0.261 e. The lowest BCUT2D eigenvalue weighted by Gasteiger charge is -2.63. The Morgan fingerprint density at radius 2 is 1.88 bits per heavy atom. The summed E-state index contributed by atoms with van der Waals surface area (Å²) in [6.45, 7) is 13.4. The fourth-order valence-corrected chi connectivity index (χ4v) is 8.14. The van der Waals surface area contributed by atoms with Crippen LogP contribution in [0.15, 0.2) is 47.5 Å². The van der Waals surface area contributed by atoms with Gasteiger partial charge in [-0.25, -0.2) is 9.37 Å². The highest BCUT2D eigenvalue weighted by atomic mass is 19.1. The van der Waals surface area contributed by atoms with Crippen LogP contribution in [-0.4, -0.2) is 58.7 Å². The lowest BCUT2D eigenvalue weighted by molar-refractivity contribution is -0.108. The second-order valence-electron chi connectivity index (χ2n) is 13.7. The highest BCUT2D eigenvalue weighted by Gasteiger charge is 2.57. The van der Waals surface area contributed by atoms with Crippen LogP contribution in [0.1, 0.15) is 53.0 Å². The number of hydrogen-bond acceptors (Lipinski definition) is 5. The third kappa shape index (κ3) is 5.30. The number of aryl methyl sites for hydroxylation is 2. The number of fused-ring (bicyclic) bond motifs is 3. The van der Waals surface area contributed by atoms with E-state index in [1.807, 2.05) is 18.2 Å². The summed E-state index contributed by atoms with van der Waals surface area (Å²) in [5.41, 5.74) is 2.25. The Hall–Kier alpha value is -3.46.